The maximum atomic E-state index is 11.7. The Morgan fingerprint density at radius 3 is 2.70 bits per heavy atom. The molecule has 0 saturated carbocycles. The molecule has 5 rings (SSSR count). The van der Waals surface area contributed by atoms with Crippen LogP contribution in [0.2, 0.25) is 0 Å². The molecule has 1 aromatic heterocycles. The van der Waals surface area contributed by atoms with Gasteiger partial charge in [0.05, 0.1) is 30.0 Å². The van der Waals surface area contributed by atoms with Gasteiger partial charge in [-0.05, 0) is 42.0 Å². The number of hydrogen-bond acceptors (Lipinski definition) is 7. The van der Waals surface area contributed by atoms with Crippen LogP contribution in [0.3, 0.4) is 0 Å². The number of rotatable bonds is 5. The lowest BCUT2D eigenvalue weighted by molar-refractivity contribution is 0.0600. The van der Waals surface area contributed by atoms with E-state index in [2.05, 4.69) is 17.0 Å². The molecule has 6 nitrogen and oxygen atoms in total. The van der Waals surface area contributed by atoms with Crippen LogP contribution in [0.5, 0.6) is 11.5 Å². The van der Waals surface area contributed by atoms with Gasteiger partial charge in [-0.15, -0.1) is 11.3 Å². The standard InChI is InChI=1S/C26H24N2O4S/c1-30-22-14-19(25-27-21-5-3-4-6-23(21)33-25)13-20-16-28(11-12-32-24(20)22)15-17-7-9-18(10-8-17)26(29)31-2/h3-10,13-14H,11-12,15-16H2,1-2H3. The van der Waals surface area contributed by atoms with Crippen LogP contribution >= 0.6 is 11.3 Å². The van der Waals surface area contributed by atoms with Crippen molar-refractivity contribution in [1.82, 2.24) is 9.88 Å². The number of ether oxygens (including phenoxy) is 3. The number of thiazole rings is 1. The van der Waals surface area contributed by atoms with Gasteiger partial charge in [0.1, 0.15) is 11.6 Å². The molecule has 0 radical (unpaired) electrons. The summed E-state index contributed by atoms with van der Waals surface area (Å²) in [6.07, 6.45) is 0. The summed E-state index contributed by atoms with van der Waals surface area (Å²) in [6.45, 7) is 2.83. The number of nitrogens with zero attached hydrogens (tertiary/aromatic N) is 2. The highest BCUT2D eigenvalue weighted by atomic mass is 32.1. The number of hydrogen-bond donors (Lipinski definition) is 0. The number of esters is 1. The minimum atomic E-state index is -0.326. The molecule has 1 aliphatic heterocycles. The maximum Gasteiger partial charge on any atom is 0.337 e. The zero-order chi connectivity index (χ0) is 22.8. The first kappa shape index (κ1) is 21.4. The van der Waals surface area contributed by atoms with Gasteiger partial charge in [0, 0.05) is 30.8 Å². The molecule has 0 saturated heterocycles. The fourth-order valence-electron chi connectivity index (χ4n) is 4.07. The quantitative estimate of drug-likeness (QED) is 0.384. The number of carbonyl (C=O) groups excluding carboxylic acids is 1. The molecule has 168 valence electrons. The van der Waals surface area contributed by atoms with Crippen LogP contribution in [0.4, 0.5) is 0 Å². The lowest BCUT2D eigenvalue weighted by Crippen LogP contribution is -2.25. The predicted octanol–water partition coefficient (Wildman–Crippen LogP) is 5.15. The van der Waals surface area contributed by atoms with Gasteiger partial charge in [0.15, 0.2) is 11.5 Å². The summed E-state index contributed by atoms with van der Waals surface area (Å²) in [5.74, 6) is 1.20. The predicted molar refractivity (Wildman–Crippen MR) is 129 cm³/mol. The van der Waals surface area contributed by atoms with Gasteiger partial charge in [-0.2, -0.15) is 0 Å². The van der Waals surface area contributed by atoms with Gasteiger partial charge in [-0.3, -0.25) is 4.90 Å². The van der Waals surface area contributed by atoms with E-state index < -0.39 is 0 Å². The average Bonchev–Trinajstić information content (AvgIpc) is 3.18. The molecule has 1 aliphatic rings. The smallest absolute Gasteiger partial charge is 0.337 e. The second-order valence-electron chi connectivity index (χ2n) is 7.90. The van der Waals surface area contributed by atoms with Crippen molar-refractivity contribution in [2.75, 3.05) is 27.4 Å². The van der Waals surface area contributed by atoms with Gasteiger partial charge in [-0.1, -0.05) is 24.3 Å². The largest absolute Gasteiger partial charge is 0.493 e. The van der Waals surface area contributed by atoms with Crippen LogP contribution in [0.15, 0.2) is 60.7 Å². The van der Waals surface area contributed by atoms with Gasteiger partial charge in [0.25, 0.3) is 0 Å². The topological polar surface area (TPSA) is 60.9 Å². The summed E-state index contributed by atoms with van der Waals surface area (Å²) in [4.78, 5) is 18.9. The van der Waals surface area contributed by atoms with Crippen molar-refractivity contribution in [2.24, 2.45) is 0 Å². The SMILES string of the molecule is COC(=O)c1ccc(CN2CCOc3c(cc(-c4nc5ccccc5s4)cc3OC)C2)cc1. The number of fused-ring (bicyclic) bond motifs is 2. The van der Waals surface area contributed by atoms with E-state index in [1.165, 1.54) is 7.11 Å². The number of carbonyl (C=O) groups is 1. The summed E-state index contributed by atoms with van der Waals surface area (Å²) in [6, 6.07) is 19.9. The summed E-state index contributed by atoms with van der Waals surface area (Å²) in [5, 5.41) is 0.964. The Kier molecular flexibility index (Phi) is 5.98. The van der Waals surface area contributed by atoms with Crippen LogP contribution < -0.4 is 9.47 Å². The van der Waals surface area contributed by atoms with Crippen LogP contribution in [0.1, 0.15) is 21.5 Å². The van der Waals surface area contributed by atoms with E-state index in [4.69, 9.17) is 19.2 Å². The summed E-state index contributed by atoms with van der Waals surface area (Å²) in [5.41, 5.74) is 4.78. The van der Waals surface area contributed by atoms with Crippen LogP contribution in [0, 0.1) is 0 Å². The molecule has 7 heteroatoms. The number of benzene rings is 3. The Morgan fingerprint density at radius 1 is 1.12 bits per heavy atom. The van der Waals surface area contributed by atoms with E-state index in [1.807, 2.05) is 36.4 Å². The fourth-order valence-corrected chi connectivity index (χ4v) is 5.02. The Hall–Kier alpha value is -3.42. The van der Waals surface area contributed by atoms with Crippen molar-refractivity contribution in [3.8, 4) is 22.1 Å². The lowest BCUT2D eigenvalue weighted by Gasteiger charge is -2.20. The second kappa shape index (κ2) is 9.21. The summed E-state index contributed by atoms with van der Waals surface area (Å²) >= 11 is 1.68. The molecule has 0 spiro atoms. The average molecular weight is 461 g/mol. The highest BCUT2D eigenvalue weighted by Gasteiger charge is 2.22. The molecule has 0 N–H and O–H groups in total. The normalized spacial score (nSPS) is 13.8. The van der Waals surface area contributed by atoms with Gasteiger partial charge in [-0.25, -0.2) is 9.78 Å². The van der Waals surface area contributed by atoms with Crippen LogP contribution in [-0.4, -0.2) is 43.2 Å². The zero-order valence-electron chi connectivity index (χ0n) is 18.5. The molecule has 0 bridgehead atoms. The van der Waals surface area contributed by atoms with E-state index >= 15 is 0 Å². The Balaban J connectivity index is 1.43. The van der Waals surface area contributed by atoms with E-state index in [1.54, 1.807) is 30.6 Å². The monoisotopic (exact) mass is 460 g/mol. The molecular weight excluding hydrogens is 436 g/mol. The third kappa shape index (κ3) is 4.42. The van der Waals surface area contributed by atoms with Gasteiger partial charge in [0.2, 0.25) is 0 Å². The Morgan fingerprint density at radius 2 is 1.94 bits per heavy atom. The molecule has 3 aromatic carbocycles. The highest BCUT2D eigenvalue weighted by Crippen LogP contribution is 2.40. The van der Waals surface area contributed by atoms with Crippen LogP contribution in [-0.2, 0) is 17.8 Å². The lowest BCUT2D eigenvalue weighted by atomic mass is 10.1. The minimum absolute atomic E-state index is 0.326. The Bertz CT molecular complexity index is 1270. The van der Waals surface area contributed by atoms with Crippen molar-refractivity contribution in [3.05, 3.63) is 77.4 Å². The minimum Gasteiger partial charge on any atom is -0.493 e. The zero-order valence-corrected chi connectivity index (χ0v) is 19.4. The fraction of sp³-hybridized carbons (Fsp3) is 0.231. The van der Waals surface area contributed by atoms with Crippen molar-refractivity contribution >= 4 is 27.5 Å². The maximum absolute atomic E-state index is 11.7. The second-order valence-corrected chi connectivity index (χ2v) is 8.93. The highest BCUT2D eigenvalue weighted by molar-refractivity contribution is 7.21. The van der Waals surface area contributed by atoms with Gasteiger partial charge >= 0.3 is 5.97 Å². The first-order valence-corrected chi connectivity index (χ1v) is 11.6. The molecule has 0 unspecified atom stereocenters. The molecule has 33 heavy (non-hydrogen) atoms. The molecule has 0 amide bonds. The van der Waals surface area contributed by atoms with Crippen molar-refractivity contribution < 1.29 is 19.0 Å². The molecule has 0 aliphatic carbocycles. The molecule has 0 atom stereocenters. The van der Waals surface area contributed by atoms with Gasteiger partial charge < -0.3 is 14.2 Å². The number of aromatic nitrogens is 1. The number of para-hydroxylation sites is 1. The van der Waals surface area contributed by atoms with E-state index in [0.29, 0.717) is 12.2 Å². The Labute approximate surface area is 196 Å². The first-order chi connectivity index (χ1) is 16.1. The molecule has 4 aromatic rings. The van der Waals surface area contributed by atoms with E-state index in [9.17, 15) is 4.79 Å². The summed E-state index contributed by atoms with van der Waals surface area (Å²) in [7, 11) is 3.06. The third-order valence-corrected chi connectivity index (χ3v) is 6.81. The van der Waals surface area contributed by atoms with E-state index in [0.717, 1.165) is 63.0 Å². The van der Waals surface area contributed by atoms with E-state index in [-0.39, 0.29) is 5.97 Å². The third-order valence-electron chi connectivity index (χ3n) is 5.72. The molecular formula is C26H24N2O4S. The van der Waals surface area contributed by atoms with Crippen LogP contribution in [0.25, 0.3) is 20.8 Å². The van der Waals surface area contributed by atoms with Crippen molar-refractivity contribution in [3.63, 3.8) is 0 Å². The van der Waals surface area contributed by atoms with Crippen molar-refractivity contribution in [2.45, 2.75) is 13.1 Å². The summed E-state index contributed by atoms with van der Waals surface area (Å²) < 4.78 is 17.8. The molecule has 2 heterocycles. The van der Waals surface area contributed by atoms with Crippen molar-refractivity contribution in [1.29, 1.82) is 0 Å². The number of methoxy groups -OCH3 is 2. The molecule has 0 fully saturated rings. The first-order valence-electron chi connectivity index (χ1n) is 10.7.